The Hall–Kier alpha value is -1.02. The second-order valence-electron chi connectivity index (χ2n) is 6.17. The quantitative estimate of drug-likeness (QED) is 0.801. The molecule has 1 aliphatic rings. The Morgan fingerprint density at radius 1 is 1.00 bits per heavy atom. The number of hydrogen-bond donors (Lipinski definition) is 1. The number of nitrogens with one attached hydrogen (secondary N) is 1. The van der Waals surface area contributed by atoms with Gasteiger partial charge >= 0.3 is 0 Å². The van der Waals surface area contributed by atoms with Gasteiger partial charge in [0.15, 0.2) is 0 Å². The van der Waals surface area contributed by atoms with Crippen LogP contribution in [0.15, 0.2) is 24.3 Å². The molecule has 0 aromatic heterocycles. The maximum absolute atomic E-state index is 3.61. The lowest BCUT2D eigenvalue weighted by Gasteiger charge is -2.16. The number of anilines is 1. The fourth-order valence-electron chi connectivity index (χ4n) is 2.92. The zero-order valence-corrected chi connectivity index (χ0v) is 12.5. The van der Waals surface area contributed by atoms with Crippen LogP contribution in [-0.2, 0) is 6.54 Å². The predicted octanol–water partition coefficient (Wildman–Crippen LogP) is 4.13. The van der Waals surface area contributed by atoms with E-state index in [4.69, 9.17) is 0 Å². The van der Waals surface area contributed by atoms with Crippen LogP contribution in [0, 0.1) is 5.92 Å². The van der Waals surface area contributed by atoms with Gasteiger partial charge < -0.3 is 10.2 Å². The fourth-order valence-corrected chi connectivity index (χ4v) is 2.92. The van der Waals surface area contributed by atoms with Crippen molar-refractivity contribution in [3.63, 3.8) is 0 Å². The minimum absolute atomic E-state index is 0.879. The summed E-state index contributed by atoms with van der Waals surface area (Å²) in [5.41, 5.74) is 2.65. The standard InChI is InChI=1S/C17H28N2/c1-19(2)14-16-9-11-17(12-10-16)18-13-15-7-5-3-4-6-8-15/h9-12,15,18H,3-8,13-14H2,1-2H3. The Bertz CT molecular complexity index is 348. The molecule has 1 aliphatic carbocycles. The van der Waals surface area contributed by atoms with Gasteiger partial charge in [0.05, 0.1) is 0 Å². The summed E-state index contributed by atoms with van der Waals surface area (Å²) in [4.78, 5) is 2.20. The fraction of sp³-hybridized carbons (Fsp3) is 0.647. The molecule has 0 unspecified atom stereocenters. The van der Waals surface area contributed by atoms with Crippen LogP contribution in [0.5, 0.6) is 0 Å². The third-order valence-corrected chi connectivity index (χ3v) is 4.02. The molecule has 1 aromatic rings. The molecule has 1 N–H and O–H groups in total. The van der Waals surface area contributed by atoms with Crippen molar-refractivity contribution in [3.8, 4) is 0 Å². The van der Waals surface area contributed by atoms with Crippen LogP contribution < -0.4 is 5.32 Å². The molecular weight excluding hydrogens is 232 g/mol. The van der Waals surface area contributed by atoms with Gasteiger partial charge in [-0.3, -0.25) is 0 Å². The first kappa shape index (κ1) is 14.4. The van der Waals surface area contributed by atoms with E-state index in [-0.39, 0.29) is 0 Å². The first-order valence-corrected chi connectivity index (χ1v) is 7.71. The smallest absolute Gasteiger partial charge is 0.0340 e. The summed E-state index contributed by atoms with van der Waals surface area (Å²) in [7, 11) is 4.22. The largest absolute Gasteiger partial charge is 0.385 e. The van der Waals surface area contributed by atoms with E-state index in [1.165, 1.54) is 49.8 Å². The molecule has 1 saturated carbocycles. The van der Waals surface area contributed by atoms with Gasteiger partial charge in [-0.05, 0) is 50.6 Å². The van der Waals surface area contributed by atoms with Gasteiger partial charge in [-0.1, -0.05) is 37.8 Å². The molecule has 2 heteroatoms. The molecule has 0 amide bonds. The maximum atomic E-state index is 3.61. The van der Waals surface area contributed by atoms with Crippen LogP contribution >= 0.6 is 0 Å². The van der Waals surface area contributed by atoms with Crippen LogP contribution in [0.1, 0.15) is 44.1 Å². The predicted molar refractivity (Wildman–Crippen MR) is 83.5 cm³/mol. The van der Waals surface area contributed by atoms with Crippen LogP contribution in [0.2, 0.25) is 0 Å². The van der Waals surface area contributed by atoms with Crippen molar-refractivity contribution in [1.82, 2.24) is 4.90 Å². The lowest BCUT2D eigenvalue weighted by atomic mass is 10.0. The van der Waals surface area contributed by atoms with E-state index >= 15 is 0 Å². The minimum Gasteiger partial charge on any atom is -0.385 e. The highest BCUT2D eigenvalue weighted by atomic mass is 15.0. The van der Waals surface area contributed by atoms with E-state index in [9.17, 15) is 0 Å². The van der Waals surface area contributed by atoms with E-state index in [1.807, 2.05) is 0 Å². The van der Waals surface area contributed by atoms with Gasteiger partial charge in [-0.15, -0.1) is 0 Å². The monoisotopic (exact) mass is 260 g/mol. The Morgan fingerprint density at radius 3 is 2.21 bits per heavy atom. The molecular formula is C17H28N2. The zero-order chi connectivity index (χ0) is 13.5. The molecule has 0 bridgehead atoms. The van der Waals surface area contributed by atoms with Crippen molar-refractivity contribution in [2.75, 3.05) is 26.0 Å². The molecule has 2 rings (SSSR count). The molecule has 0 heterocycles. The molecule has 2 nitrogen and oxygen atoms in total. The van der Waals surface area contributed by atoms with Crippen molar-refractivity contribution in [3.05, 3.63) is 29.8 Å². The molecule has 0 spiro atoms. The highest BCUT2D eigenvalue weighted by Crippen LogP contribution is 2.23. The lowest BCUT2D eigenvalue weighted by Crippen LogP contribution is -2.14. The Kier molecular flexibility index (Phi) is 5.71. The Morgan fingerprint density at radius 2 is 1.63 bits per heavy atom. The molecule has 106 valence electrons. The summed E-state index contributed by atoms with van der Waals surface area (Å²) >= 11 is 0. The lowest BCUT2D eigenvalue weighted by molar-refractivity contribution is 0.402. The van der Waals surface area contributed by atoms with Gasteiger partial charge in [-0.25, -0.2) is 0 Å². The van der Waals surface area contributed by atoms with Crippen LogP contribution in [0.3, 0.4) is 0 Å². The first-order valence-electron chi connectivity index (χ1n) is 7.71. The number of hydrogen-bond acceptors (Lipinski definition) is 2. The summed E-state index contributed by atoms with van der Waals surface area (Å²) in [6.45, 7) is 2.16. The molecule has 0 aliphatic heterocycles. The number of nitrogens with zero attached hydrogens (tertiary/aromatic N) is 1. The third-order valence-electron chi connectivity index (χ3n) is 4.02. The topological polar surface area (TPSA) is 15.3 Å². The van der Waals surface area contributed by atoms with Crippen molar-refractivity contribution in [2.45, 2.75) is 45.1 Å². The highest BCUT2D eigenvalue weighted by Gasteiger charge is 2.11. The third kappa shape index (κ3) is 5.23. The SMILES string of the molecule is CN(C)Cc1ccc(NCC2CCCCCC2)cc1. The van der Waals surface area contributed by atoms with Gasteiger partial charge in [0.1, 0.15) is 0 Å². The van der Waals surface area contributed by atoms with Gasteiger partial charge in [0.25, 0.3) is 0 Å². The average molecular weight is 260 g/mol. The molecule has 0 saturated heterocycles. The summed E-state index contributed by atoms with van der Waals surface area (Å²) < 4.78 is 0. The second kappa shape index (κ2) is 7.54. The summed E-state index contributed by atoms with van der Waals surface area (Å²) in [6, 6.07) is 8.90. The molecule has 0 atom stereocenters. The van der Waals surface area contributed by atoms with Crippen molar-refractivity contribution in [2.24, 2.45) is 5.92 Å². The number of rotatable bonds is 5. The van der Waals surface area contributed by atoms with Crippen molar-refractivity contribution >= 4 is 5.69 Å². The summed E-state index contributed by atoms with van der Waals surface area (Å²) in [5.74, 6) is 0.879. The van der Waals surface area contributed by atoms with E-state index in [1.54, 1.807) is 0 Å². The second-order valence-corrected chi connectivity index (χ2v) is 6.17. The Balaban J connectivity index is 1.78. The Labute approximate surface area is 118 Å². The summed E-state index contributed by atoms with van der Waals surface area (Å²) in [6.07, 6.45) is 8.55. The van der Waals surface area contributed by atoms with Gasteiger partial charge in [0, 0.05) is 18.8 Å². The van der Waals surface area contributed by atoms with Crippen LogP contribution in [-0.4, -0.2) is 25.5 Å². The average Bonchev–Trinajstić information content (AvgIpc) is 2.66. The maximum Gasteiger partial charge on any atom is 0.0340 e. The molecule has 1 aromatic carbocycles. The van der Waals surface area contributed by atoms with Crippen LogP contribution in [0.4, 0.5) is 5.69 Å². The van der Waals surface area contributed by atoms with E-state index in [0.717, 1.165) is 19.0 Å². The van der Waals surface area contributed by atoms with Crippen LogP contribution in [0.25, 0.3) is 0 Å². The highest BCUT2D eigenvalue weighted by molar-refractivity contribution is 5.44. The zero-order valence-electron chi connectivity index (χ0n) is 12.5. The number of benzene rings is 1. The van der Waals surface area contributed by atoms with E-state index in [2.05, 4.69) is 48.6 Å². The summed E-state index contributed by atoms with van der Waals surface area (Å²) in [5, 5.41) is 3.61. The normalized spacial score (nSPS) is 17.4. The minimum atomic E-state index is 0.879. The molecule has 1 fully saturated rings. The van der Waals surface area contributed by atoms with Crippen molar-refractivity contribution < 1.29 is 0 Å². The van der Waals surface area contributed by atoms with Crippen molar-refractivity contribution in [1.29, 1.82) is 0 Å². The van der Waals surface area contributed by atoms with Gasteiger partial charge in [-0.2, -0.15) is 0 Å². The first-order chi connectivity index (χ1) is 9.24. The molecule has 0 radical (unpaired) electrons. The van der Waals surface area contributed by atoms with E-state index in [0.29, 0.717) is 0 Å². The van der Waals surface area contributed by atoms with Gasteiger partial charge in [0.2, 0.25) is 0 Å². The molecule has 19 heavy (non-hydrogen) atoms. The van der Waals surface area contributed by atoms with E-state index < -0.39 is 0 Å².